The summed E-state index contributed by atoms with van der Waals surface area (Å²) in [6.07, 6.45) is 2.30. The van der Waals surface area contributed by atoms with Gasteiger partial charge in [-0.2, -0.15) is 5.10 Å². The number of nitrogens with one attached hydrogen (secondary N) is 1. The number of benzene rings is 3. The highest BCUT2D eigenvalue weighted by molar-refractivity contribution is 5.83. The van der Waals surface area contributed by atoms with E-state index in [4.69, 9.17) is 9.47 Å². The lowest BCUT2D eigenvalue weighted by molar-refractivity contribution is -0.123. The number of amides is 1. The molecule has 0 aliphatic carbocycles. The summed E-state index contributed by atoms with van der Waals surface area (Å²) < 4.78 is 10.9. The number of carbonyl (C=O) groups excluding carboxylic acids is 1. The maximum absolute atomic E-state index is 12.0. The molecule has 0 bridgehead atoms. The van der Waals surface area contributed by atoms with E-state index in [2.05, 4.69) is 22.7 Å². The molecule has 5 heteroatoms. The Morgan fingerprint density at radius 1 is 1.00 bits per heavy atom. The lowest BCUT2D eigenvalue weighted by Gasteiger charge is -2.11. The molecular formula is C23H22N2O3. The summed E-state index contributed by atoms with van der Waals surface area (Å²) in [4.78, 5) is 12.0. The Balaban J connectivity index is 1.54. The van der Waals surface area contributed by atoms with Crippen LogP contribution in [0, 0.1) is 0 Å². The number of hydrogen-bond acceptors (Lipinski definition) is 4. The average molecular weight is 374 g/mol. The standard InChI is InChI=1S/C23H22N2O3/c1-27-21-12-7-10-19(15-21)16-24-25-23(26)17-28-22-13-6-5-11-20(22)14-18-8-3-2-4-9-18/h2-13,15-16H,14,17H2,1H3,(H,25,26)/b24-16-. The molecule has 142 valence electrons. The highest BCUT2D eigenvalue weighted by Gasteiger charge is 2.07. The molecule has 0 spiro atoms. The summed E-state index contributed by atoms with van der Waals surface area (Å²) in [6, 6.07) is 25.2. The molecule has 0 aromatic heterocycles. The maximum Gasteiger partial charge on any atom is 0.277 e. The molecule has 3 rings (SSSR count). The van der Waals surface area contributed by atoms with Gasteiger partial charge in [0, 0.05) is 6.42 Å². The fourth-order valence-electron chi connectivity index (χ4n) is 2.68. The monoisotopic (exact) mass is 374 g/mol. The van der Waals surface area contributed by atoms with Crippen molar-refractivity contribution < 1.29 is 14.3 Å². The van der Waals surface area contributed by atoms with E-state index in [0.717, 1.165) is 23.3 Å². The van der Waals surface area contributed by atoms with Gasteiger partial charge >= 0.3 is 0 Å². The second-order valence-electron chi connectivity index (χ2n) is 6.13. The lowest BCUT2D eigenvalue weighted by atomic mass is 10.0. The van der Waals surface area contributed by atoms with Crippen molar-refractivity contribution in [3.05, 3.63) is 95.6 Å². The summed E-state index contributed by atoms with van der Waals surface area (Å²) in [6.45, 7) is -0.110. The van der Waals surface area contributed by atoms with Crippen LogP contribution in [0.15, 0.2) is 84.0 Å². The van der Waals surface area contributed by atoms with Crippen molar-refractivity contribution in [1.29, 1.82) is 0 Å². The Hall–Kier alpha value is -3.60. The molecular weight excluding hydrogens is 352 g/mol. The predicted octanol–water partition coefficient (Wildman–Crippen LogP) is 3.82. The van der Waals surface area contributed by atoms with Crippen LogP contribution in [-0.2, 0) is 11.2 Å². The van der Waals surface area contributed by atoms with Crippen LogP contribution in [0.3, 0.4) is 0 Å². The van der Waals surface area contributed by atoms with Gasteiger partial charge in [-0.3, -0.25) is 4.79 Å². The Morgan fingerprint density at radius 2 is 1.79 bits per heavy atom. The SMILES string of the molecule is COc1cccc(/C=N\NC(=O)COc2ccccc2Cc2ccccc2)c1. The van der Waals surface area contributed by atoms with Crippen LogP contribution in [0.2, 0.25) is 0 Å². The van der Waals surface area contributed by atoms with Gasteiger partial charge in [0.05, 0.1) is 13.3 Å². The van der Waals surface area contributed by atoms with Crippen molar-refractivity contribution in [1.82, 2.24) is 5.43 Å². The average Bonchev–Trinajstić information content (AvgIpc) is 2.74. The topological polar surface area (TPSA) is 59.9 Å². The molecule has 28 heavy (non-hydrogen) atoms. The predicted molar refractivity (Wildman–Crippen MR) is 110 cm³/mol. The van der Waals surface area contributed by atoms with Crippen LogP contribution in [0.5, 0.6) is 11.5 Å². The molecule has 1 N–H and O–H groups in total. The Labute approximate surface area is 164 Å². The summed E-state index contributed by atoms with van der Waals surface area (Å²) in [5.74, 6) is 1.10. The zero-order valence-corrected chi connectivity index (χ0v) is 15.7. The Morgan fingerprint density at radius 3 is 2.61 bits per heavy atom. The van der Waals surface area contributed by atoms with Crippen molar-refractivity contribution in [2.45, 2.75) is 6.42 Å². The lowest BCUT2D eigenvalue weighted by Crippen LogP contribution is -2.24. The van der Waals surface area contributed by atoms with Crippen LogP contribution in [-0.4, -0.2) is 25.8 Å². The second-order valence-corrected chi connectivity index (χ2v) is 6.13. The smallest absolute Gasteiger partial charge is 0.277 e. The quantitative estimate of drug-likeness (QED) is 0.482. The molecule has 0 aliphatic rings. The Kier molecular flexibility index (Phi) is 6.79. The number of hydrogen-bond donors (Lipinski definition) is 1. The van der Waals surface area contributed by atoms with E-state index in [1.807, 2.05) is 66.7 Å². The molecule has 0 fully saturated rings. The normalized spacial score (nSPS) is 10.6. The summed E-state index contributed by atoms with van der Waals surface area (Å²) in [7, 11) is 1.60. The van der Waals surface area contributed by atoms with Crippen molar-refractivity contribution in [3.63, 3.8) is 0 Å². The van der Waals surface area contributed by atoms with Gasteiger partial charge in [-0.05, 0) is 34.9 Å². The molecule has 0 unspecified atom stereocenters. The van der Waals surface area contributed by atoms with Crippen LogP contribution >= 0.6 is 0 Å². The van der Waals surface area contributed by atoms with E-state index in [1.165, 1.54) is 5.56 Å². The molecule has 3 aromatic carbocycles. The second kappa shape index (κ2) is 9.92. The van der Waals surface area contributed by atoms with E-state index >= 15 is 0 Å². The summed E-state index contributed by atoms with van der Waals surface area (Å²) in [5, 5.41) is 3.96. The zero-order chi connectivity index (χ0) is 19.6. The highest BCUT2D eigenvalue weighted by Crippen LogP contribution is 2.21. The molecule has 0 atom stereocenters. The maximum atomic E-state index is 12.0. The first-order valence-electron chi connectivity index (χ1n) is 8.95. The molecule has 0 radical (unpaired) electrons. The summed E-state index contributed by atoms with van der Waals surface area (Å²) in [5.41, 5.74) is 5.52. The van der Waals surface area contributed by atoms with E-state index in [9.17, 15) is 4.79 Å². The summed E-state index contributed by atoms with van der Waals surface area (Å²) >= 11 is 0. The minimum absolute atomic E-state index is 0.110. The molecule has 1 amide bonds. The third kappa shape index (κ3) is 5.71. The minimum Gasteiger partial charge on any atom is -0.497 e. The first kappa shape index (κ1) is 19.2. The molecule has 3 aromatic rings. The first-order chi connectivity index (χ1) is 13.7. The van der Waals surface area contributed by atoms with Crippen molar-refractivity contribution in [2.24, 2.45) is 5.10 Å². The molecule has 0 aliphatic heterocycles. The molecule has 0 saturated carbocycles. The van der Waals surface area contributed by atoms with E-state index in [0.29, 0.717) is 5.75 Å². The van der Waals surface area contributed by atoms with Gasteiger partial charge in [-0.1, -0.05) is 60.7 Å². The number of rotatable bonds is 8. The third-order valence-corrected chi connectivity index (χ3v) is 4.07. The fraction of sp³-hybridized carbons (Fsp3) is 0.130. The third-order valence-electron chi connectivity index (χ3n) is 4.07. The van der Waals surface area contributed by atoms with E-state index in [-0.39, 0.29) is 12.5 Å². The van der Waals surface area contributed by atoms with Crippen molar-refractivity contribution >= 4 is 12.1 Å². The highest BCUT2D eigenvalue weighted by atomic mass is 16.5. The molecule has 0 saturated heterocycles. The molecule has 5 nitrogen and oxygen atoms in total. The van der Waals surface area contributed by atoms with Crippen LogP contribution < -0.4 is 14.9 Å². The van der Waals surface area contributed by atoms with Crippen LogP contribution in [0.25, 0.3) is 0 Å². The van der Waals surface area contributed by atoms with Gasteiger partial charge in [-0.25, -0.2) is 5.43 Å². The number of ether oxygens (including phenoxy) is 2. The van der Waals surface area contributed by atoms with Crippen molar-refractivity contribution in [3.8, 4) is 11.5 Å². The molecule has 0 heterocycles. The number of nitrogens with zero attached hydrogens (tertiary/aromatic N) is 1. The van der Waals surface area contributed by atoms with Gasteiger partial charge in [0.2, 0.25) is 0 Å². The van der Waals surface area contributed by atoms with Gasteiger partial charge in [-0.15, -0.1) is 0 Å². The van der Waals surface area contributed by atoms with Gasteiger partial charge in [0.25, 0.3) is 5.91 Å². The number of hydrazone groups is 1. The largest absolute Gasteiger partial charge is 0.497 e. The number of para-hydroxylation sites is 1. The first-order valence-corrected chi connectivity index (χ1v) is 8.95. The minimum atomic E-state index is -0.325. The number of carbonyl (C=O) groups is 1. The van der Waals surface area contributed by atoms with Crippen molar-refractivity contribution in [2.75, 3.05) is 13.7 Å². The van der Waals surface area contributed by atoms with Gasteiger partial charge < -0.3 is 9.47 Å². The fourth-order valence-corrected chi connectivity index (χ4v) is 2.68. The van der Waals surface area contributed by atoms with Crippen LogP contribution in [0.4, 0.5) is 0 Å². The van der Waals surface area contributed by atoms with Crippen LogP contribution in [0.1, 0.15) is 16.7 Å². The van der Waals surface area contributed by atoms with E-state index < -0.39 is 0 Å². The number of methoxy groups -OCH3 is 1. The zero-order valence-electron chi connectivity index (χ0n) is 15.7. The van der Waals surface area contributed by atoms with Gasteiger partial charge in [0.15, 0.2) is 6.61 Å². The van der Waals surface area contributed by atoms with E-state index in [1.54, 1.807) is 13.3 Å². The van der Waals surface area contributed by atoms with Gasteiger partial charge in [0.1, 0.15) is 11.5 Å². The Bertz CT molecular complexity index is 939.